The van der Waals surface area contributed by atoms with E-state index >= 15 is 0 Å². The van der Waals surface area contributed by atoms with Crippen LogP contribution in [0.15, 0.2) is 48.5 Å². The van der Waals surface area contributed by atoms with Gasteiger partial charge in [0.2, 0.25) is 6.79 Å². The van der Waals surface area contributed by atoms with Crippen molar-refractivity contribution in [3.05, 3.63) is 54.4 Å². The summed E-state index contributed by atoms with van der Waals surface area (Å²) in [7, 11) is 0. The zero-order valence-electron chi connectivity index (χ0n) is 16.3. The summed E-state index contributed by atoms with van der Waals surface area (Å²) in [6.45, 7) is 4.43. The number of rotatable bonds is 5. The average Bonchev–Trinajstić information content (AvgIpc) is 3.40. The van der Waals surface area contributed by atoms with E-state index in [0.717, 1.165) is 41.8 Å². The van der Waals surface area contributed by atoms with Crippen LogP contribution in [0.3, 0.4) is 0 Å². The van der Waals surface area contributed by atoms with Gasteiger partial charge in [-0.15, -0.1) is 0 Å². The van der Waals surface area contributed by atoms with Gasteiger partial charge in [-0.05, 0) is 56.2 Å². The quantitative estimate of drug-likeness (QED) is 0.661. The van der Waals surface area contributed by atoms with Crippen molar-refractivity contribution in [3.8, 4) is 11.5 Å². The highest BCUT2D eigenvalue weighted by Crippen LogP contribution is 2.35. The second kappa shape index (κ2) is 7.50. The molecule has 2 N–H and O–H groups in total. The van der Waals surface area contributed by atoms with Crippen LogP contribution in [0.25, 0.3) is 0 Å². The molecule has 5 rings (SSSR count). The molecule has 0 unspecified atom stereocenters. The van der Waals surface area contributed by atoms with Crippen molar-refractivity contribution in [1.29, 1.82) is 0 Å². The molecule has 3 heterocycles. The molecule has 3 aromatic rings. The van der Waals surface area contributed by atoms with Gasteiger partial charge in [0.05, 0.1) is 0 Å². The first-order valence-corrected chi connectivity index (χ1v) is 9.87. The Kier molecular flexibility index (Phi) is 4.56. The maximum atomic E-state index is 5.44. The Morgan fingerprint density at radius 1 is 0.793 bits per heavy atom. The van der Waals surface area contributed by atoms with Crippen LogP contribution in [0, 0.1) is 6.92 Å². The van der Waals surface area contributed by atoms with Gasteiger partial charge in [-0.2, -0.15) is 0 Å². The zero-order valence-corrected chi connectivity index (χ0v) is 16.3. The highest BCUT2D eigenvalue weighted by molar-refractivity contribution is 5.66. The molecule has 2 aliphatic rings. The largest absolute Gasteiger partial charge is 0.454 e. The summed E-state index contributed by atoms with van der Waals surface area (Å²) < 4.78 is 10.8. The van der Waals surface area contributed by atoms with Crippen LogP contribution in [0.2, 0.25) is 0 Å². The lowest BCUT2D eigenvalue weighted by atomic mass is 10.2. The molecule has 2 aliphatic heterocycles. The Labute approximate surface area is 169 Å². The average molecular weight is 389 g/mol. The Morgan fingerprint density at radius 3 is 2.21 bits per heavy atom. The van der Waals surface area contributed by atoms with Gasteiger partial charge >= 0.3 is 0 Å². The standard InChI is InChI=1S/C22H23N5O2/c1-15-23-21(25-16-4-7-18(8-5-16)27-10-2-3-11-27)13-22(24-15)26-17-6-9-19-20(12-17)29-14-28-19/h4-9,12-13H,2-3,10-11,14H2,1H3,(H2,23,24,25,26). The van der Waals surface area contributed by atoms with E-state index in [2.05, 4.69) is 49.8 Å². The van der Waals surface area contributed by atoms with Crippen LogP contribution in [0.4, 0.5) is 28.7 Å². The van der Waals surface area contributed by atoms with E-state index in [0.29, 0.717) is 11.6 Å². The first kappa shape index (κ1) is 17.6. The van der Waals surface area contributed by atoms with Crippen molar-refractivity contribution < 1.29 is 9.47 Å². The van der Waals surface area contributed by atoms with Crippen LogP contribution in [0.1, 0.15) is 18.7 Å². The summed E-state index contributed by atoms with van der Waals surface area (Å²) in [4.78, 5) is 11.4. The summed E-state index contributed by atoms with van der Waals surface area (Å²) >= 11 is 0. The minimum Gasteiger partial charge on any atom is -0.454 e. The summed E-state index contributed by atoms with van der Waals surface area (Å²) in [5.74, 6) is 3.64. The number of nitrogens with one attached hydrogen (secondary N) is 2. The van der Waals surface area contributed by atoms with Crippen LogP contribution < -0.4 is 25.0 Å². The first-order chi connectivity index (χ1) is 14.2. The predicted molar refractivity (Wildman–Crippen MR) is 114 cm³/mol. The topological polar surface area (TPSA) is 71.5 Å². The molecule has 0 radical (unpaired) electrons. The zero-order chi connectivity index (χ0) is 19.6. The van der Waals surface area contributed by atoms with E-state index in [9.17, 15) is 0 Å². The number of hydrogen-bond donors (Lipinski definition) is 2. The Hall–Kier alpha value is -3.48. The van der Waals surface area contributed by atoms with Crippen molar-refractivity contribution in [1.82, 2.24) is 9.97 Å². The molecule has 0 amide bonds. The van der Waals surface area contributed by atoms with Gasteiger partial charge in [-0.1, -0.05) is 0 Å². The SMILES string of the molecule is Cc1nc(Nc2ccc(N3CCCC3)cc2)cc(Nc2ccc3c(c2)OCO3)n1. The van der Waals surface area contributed by atoms with Gasteiger partial charge in [0.25, 0.3) is 0 Å². The fourth-order valence-corrected chi connectivity index (χ4v) is 3.70. The minimum atomic E-state index is 0.260. The monoisotopic (exact) mass is 389 g/mol. The molecule has 1 fully saturated rings. The number of aryl methyl sites for hydroxylation is 1. The molecule has 29 heavy (non-hydrogen) atoms. The van der Waals surface area contributed by atoms with Gasteiger partial charge in [0, 0.05) is 42.3 Å². The van der Waals surface area contributed by atoms with Crippen LogP contribution in [0.5, 0.6) is 11.5 Å². The summed E-state index contributed by atoms with van der Waals surface area (Å²) in [6, 6.07) is 16.1. The van der Waals surface area contributed by atoms with Crippen molar-refractivity contribution >= 4 is 28.7 Å². The van der Waals surface area contributed by atoms with Gasteiger partial charge in [0.1, 0.15) is 17.5 Å². The van der Waals surface area contributed by atoms with E-state index in [-0.39, 0.29) is 6.79 Å². The fourth-order valence-electron chi connectivity index (χ4n) is 3.70. The smallest absolute Gasteiger partial charge is 0.231 e. The number of benzene rings is 2. The second-order valence-corrected chi connectivity index (χ2v) is 7.24. The molecule has 1 aromatic heterocycles. The van der Waals surface area contributed by atoms with E-state index in [1.165, 1.54) is 18.5 Å². The molecular weight excluding hydrogens is 366 g/mol. The second-order valence-electron chi connectivity index (χ2n) is 7.24. The van der Waals surface area contributed by atoms with Gasteiger partial charge in [-0.3, -0.25) is 0 Å². The van der Waals surface area contributed by atoms with E-state index in [4.69, 9.17) is 9.47 Å². The van der Waals surface area contributed by atoms with Crippen molar-refractivity contribution in [2.24, 2.45) is 0 Å². The van der Waals surface area contributed by atoms with Crippen LogP contribution >= 0.6 is 0 Å². The molecule has 2 aromatic carbocycles. The summed E-state index contributed by atoms with van der Waals surface area (Å²) in [5, 5.41) is 6.69. The number of nitrogens with zero attached hydrogens (tertiary/aromatic N) is 3. The molecule has 7 nitrogen and oxygen atoms in total. The van der Waals surface area contributed by atoms with Gasteiger partial charge in [-0.25, -0.2) is 9.97 Å². The predicted octanol–water partition coefficient (Wildman–Crippen LogP) is 4.60. The lowest BCUT2D eigenvalue weighted by molar-refractivity contribution is 0.174. The molecular formula is C22H23N5O2. The molecule has 7 heteroatoms. The first-order valence-electron chi connectivity index (χ1n) is 9.87. The van der Waals surface area contributed by atoms with Gasteiger partial charge < -0.3 is 25.0 Å². The Bertz CT molecular complexity index is 1020. The maximum absolute atomic E-state index is 5.44. The third-order valence-electron chi connectivity index (χ3n) is 5.09. The number of hydrogen-bond acceptors (Lipinski definition) is 7. The Morgan fingerprint density at radius 2 is 1.45 bits per heavy atom. The molecule has 1 saturated heterocycles. The van der Waals surface area contributed by atoms with Crippen LogP contribution in [-0.4, -0.2) is 29.9 Å². The molecule has 0 atom stereocenters. The summed E-state index contributed by atoms with van der Waals surface area (Å²) in [5.41, 5.74) is 3.16. The van der Waals surface area contributed by atoms with E-state index < -0.39 is 0 Å². The molecule has 148 valence electrons. The van der Waals surface area contributed by atoms with E-state index in [1.54, 1.807) is 0 Å². The van der Waals surface area contributed by atoms with E-state index in [1.807, 2.05) is 31.2 Å². The fraction of sp³-hybridized carbons (Fsp3) is 0.273. The number of anilines is 5. The highest BCUT2D eigenvalue weighted by atomic mass is 16.7. The van der Waals surface area contributed by atoms with Crippen molar-refractivity contribution in [2.75, 3.05) is 35.4 Å². The highest BCUT2D eigenvalue weighted by Gasteiger charge is 2.14. The van der Waals surface area contributed by atoms with Crippen molar-refractivity contribution in [3.63, 3.8) is 0 Å². The molecule has 0 bridgehead atoms. The third kappa shape index (κ3) is 3.89. The maximum Gasteiger partial charge on any atom is 0.231 e. The molecule has 0 aliphatic carbocycles. The number of aromatic nitrogens is 2. The lowest BCUT2D eigenvalue weighted by Gasteiger charge is -2.18. The lowest BCUT2D eigenvalue weighted by Crippen LogP contribution is -2.17. The van der Waals surface area contributed by atoms with Crippen LogP contribution in [-0.2, 0) is 0 Å². The third-order valence-corrected chi connectivity index (χ3v) is 5.09. The Balaban J connectivity index is 1.31. The van der Waals surface area contributed by atoms with Crippen molar-refractivity contribution in [2.45, 2.75) is 19.8 Å². The minimum absolute atomic E-state index is 0.260. The molecule has 0 spiro atoms. The number of fused-ring (bicyclic) bond motifs is 1. The van der Waals surface area contributed by atoms with Gasteiger partial charge in [0.15, 0.2) is 11.5 Å². The summed E-state index contributed by atoms with van der Waals surface area (Å²) in [6.07, 6.45) is 2.55. The number of ether oxygens (including phenoxy) is 2. The molecule has 0 saturated carbocycles. The normalized spacial score (nSPS) is 14.9.